The molecule has 0 aliphatic carbocycles. The van der Waals surface area contributed by atoms with Crippen LogP contribution in [0.1, 0.15) is 10.5 Å². The van der Waals surface area contributed by atoms with Gasteiger partial charge in [-0.05, 0) is 71.8 Å². The lowest BCUT2D eigenvalue weighted by atomic mass is 10.0. The predicted octanol–water partition coefficient (Wildman–Crippen LogP) is 4.40. The quantitative estimate of drug-likeness (QED) is 0.408. The van der Waals surface area contributed by atoms with E-state index in [0.717, 1.165) is 5.56 Å². The Kier molecular flexibility index (Phi) is 6.49. The van der Waals surface area contributed by atoms with Crippen LogP contribution in [0.25, 0.3) is 11.1 Å². The van der Waals surface area contributed by atoms with Crippen LogP contribution in [-0.4, -0.2) is 23.3 Å². The number of carbonyl (C=O) groups excluding carboxylic acids is 2. The molecule has 34 heavy (non-hydrogen) atoms. The highest BCUT2D eigenvalue weighted by Crippen LogP contribution is 2.31. The third-order valence-corrected chi connectivity index (χ3v) is 4.96. The number of rotatable bonds is 8. The summed E-state index contributed by atoms with van der Waals surface area (Å²) in [7, 11) is 0. The molecule has 0 radical (unpaired) electrons. The molecule has 0 saturated heterocycles. The summed E-state index contributed by atoms with van der Waals surface area (Å²) in [4.78, 5) is 29.7. The number of pyridine rings is 1. The van der Waals surface area contributed by atoms with E-state index in [-0.39, 0.29) is 18.1 Å². The number of halogens is 1. The SMILES string of the molecule is NC(=O)CN(c1ccccc1)c1cc(-c2ccc(Oc3ccc(F)cc3)cc2)cc(C(N)=O)n1. The molecule has 0 atom stereocenters. The average Bonchev–Trinajstić information content (AvgIpc) is 2.84. The van der Waals surface area contributed by atoms with Gasteiger partial charge in [-0.15, -0.1) is 0 Å². The summed E-state index contributed by atoms with van der Waals surface area (Å²) >= 11 is 0. The minimum Gasteiger partial charge on any atom is -0.457 e. The number of hydrogen-bond donors (Lipinski definition) is 2. The fourth-order valence-corrected chi connectivity index (χ4v) is 3.37. The Bertz CT molecular complexity index is 1310. The van der Waals surface area contributed by atoms with Crippen molar-refractivity contribution in [3.8, 4) is 22.6 Å². The third kappa shape index (κ3) is 5.36. The summed E-state index contributed by atoms with van der Waals surface area (Å²) in [5, 5.41) is 0. The van der Waals surface area contributed by atoms with Crippen molar-refractivity contribution in [2.24, 2.45) is 11.5 Å². The van der Waals surface area contributed by atoms with E-state index in [1.807, 2.05) is 42.5 Å². The number of amides is 2. The van der Waals surface area contributed by atoms with Crippen molar-refractivity contribution in [1.29, 1.82) is 0 Å². The van der Waals surface area contributed by atoms with Crippen molar-refractivity contribution in [3.63, 3.8) is 0 Å². The Morgan fingerprint density at radius 3 is 2.03 bits per heavy atom. The van der Waals surface area contributed by atoms with Crippen LogP contribution in [0.2, 0.25) is 0 Å². The van der Waals surface area contributed by atoms with Crippen molar-refractivity contribution in [2.75, 3.05) is 11.4 Å². The summed E-state index contributed by atoms with van der Waals surface area (Å²) < 4.78 is 18.8. The zero-order valence-electron chi connectivity index (χ0n) is 18.0. The Morgan fingerprint density at radius 2 is 1.44 bits per heavy atom. The summed E-state index contributed by atoms with van der Waals surface area (Å²) in [6.45, 7) is -0.136. The highest BCUT2D eigenvalue weighted by atomic mass is 19.1. The van der Waals surface area contributed by atoms with E-state index < -0.39 is 11.8 Å². The maximum Gasteiger partial charge on any atom is 0.267 e. The number of benzene rings is 3. The molecule has 4 aromatic rings. The largest absolute Gasteiger partial charge is 0.457 e. The number of ether oxygens (including phenoxy) is 1. The lowest BCUT2D eigenvalue weighted by molar-refractivity contribution is -0.116. The van der Waals surface area contributed by atoms with E-state index in [2.05, 4.69) is 4.98 Å². The molecule has 8 heteroatoms. The van der Waals surface area contributed by atoms with Crippen LogP contribution in [0, 0.1) is 5.82 Å². The number of carbonyl (C=O) groups is 2. The van der Waals surface area contributed by atoms with E-state index in [9.17, 15) is 14.0 Å². The summed E-state index contributed by atoms with van der Waals surface area (Å²) in [6, 6.07) is 25.3. The smallest absolute Gasteiger partial charge is 0.267 e. The first kappa shape index (κ1) is 22.5. The van der Waals surface area contributed by atoms with Crippen molar-refractivity contribution in [1.82, 2.24) is 4.98 Å². The van der Waals surface area contributed by atoms with E-state index in [0.29, 0.717) is 28.6 Å². The van der Waals surface area contributed by atoms with Crippen LogP contribution < -0.4 is 21.1 Å². The number of primary amides is 2. The number of nitrogens with zero attached hydrogens (tertiary/aromatic N) is 2. The fraction of sp³-hybridized carbons (Fsp3) is 0.0385. The molecule has 1 heterocycles. The van der Waals surface area contributed by atoms with Crippen LogP contribution in [0.15, 0.2) is 91.0 Å². The second kappa shape index (κ2) is 9.83. The molecule has 0 aliphatic heterocycles. The van der Waals surface area contributed by atoms with E-state index >= 15 is 0 Å². The number of nitrogens with two attached hydrogens (primary N) is 2. The van der Waals surface area contributed by atoms with Gasteiger partial charge >= 0.3 is 0 Å². The van der Waals surface area contributed by atoms with Crippen molar-refractivity contribution >= 4 is 23.3 Å². The normalized spacial score (nSPS) is 10.5. The number of hydrogen-bond acceptors (Lipinski definition) is 5. The van der Waals surface area contributed by atoms with Gasteiger partial charge in [-0.25, -0.2) is 9.37 Å². The minimum absolute atomic E-state index is 0.0459. The van der Waals surface area contributed by atoms with Crippen LogP contribution in [0.4, 0.5) is 15.9 Å². The molecule has 0 unspecified atom stereocenters. The van der Waals surface area contributed by atoms with Gasteiger partial charge in [0.1, 0.15) is 35.4 Å². The molecule has 3 aromatic carbocycles. The second-order valence-electron chi connectivity index (χ2n) is 7.43. The zero-order valence-corrected chi connectivity index (χ0v) is 18.0. The van der Waals surface area contributed by atoms with Crippen LogP contribution in [0.3, 0.4) is 0 Å². The van der Waals surface area contributed by atoms with Crippen molar-refractivity contribution in [3.05, 3.63) is 103 Å². The van der Waals surface area contributed by atoms with Crippen LogP contribution in [0.5, 0.6) is 11.5 Å². The van der Waals surface area contributed by atoms with E-state index in [1.165, 1.54) is 24.3 Å². The molecule has 0 saturated carbocycles. The van der Waals surface area contributed by atoms with Crippen LogP contribution in [-0.2, 0) is 4.79 Å². The number of anilines is 2. The van der Waals surface area contributed by atoms with Gasteiger partial charge in [-0.2, -0.15) is 0 Å². The van der Waals surface area contributed by atoms with Gasteiger partial charge in [-0.1, -0.05) is 30.3 Å². The third-order valence-electron chi connectivity index (χ3n) is 4.96. The Morgan fingerprint density at radius 1 is 0.824 bits per heavy atom. The molecule has 0 bridgehead atoms. The average molecular weight is 456 g/mol. The van der Waals surface area contributed by atoms with Crippen molar-refractivity contribution in [2.45, 2.75) is 0 Å². The molecule has 7 nitrogen and oxygen atoms in total. The van der Waals surface area contributed by atoms with Gasteiger partial charge in [0.05, 0.1) is 0 Å². The molecular weight excluding hydrogens is 435 g/mol. The lowest BCUT2D eigenvalue weighted by Gasteiger charge is -2.23. The van der Waals surface area contributed by atoms with Gasteiger partial charge in [0.25, 0.3) is 5.91 Å². The fourth-order valence-electron chi connectivity index (χ4n) is 3.37. The maximum absolute atomic E-state index is 13.1. The van der Waals surface area contributed by atoms with Gasteiger partial charge in [-0.3, -0.25) is 9.59 Å². The maximum atomic E-state index is 13.1. The van der Waals surface area contributed by atoms with Crippen LogP contribution >= 0.6 is 0 Å². The Hall–Kier alpha value is -4.72. The second-order valence-corrected chi connectivity index (χ2v) is 7.43. The summed E-state index contributed by atoms with van der Waals surface area (Å²) in [5.41, 5.74) is 13.2. The van der Waals surface area contributed by atoms with E-state index in [1.54, 1.807) is 29.2 Å². The molecule has 0 spiro atoms. The first-order chi connectivity index (χ1) is 16.4. The number of para-hydroxylation sites is 1. The minimum atomic E-state index is -0.702. The summed E-state index contributed by atoms with van der Waals surface area (Å²) in [5.74, 6) is -0.198. The molecule has 0 fully saturated rings. The summed E-state index contributed by atoms with van der Waals surface area (Å²) in [6.07, 6.45) is 0. The Labute approximate surface area is 195 Å². The molecule has 2 amide bonds. The van der Waals surface area contributed by atoms with Gasteiger partial charge in [0.2, 0.25) is 5.91 Å². The number of aromatic nitrogens is 1. The topological polar surface area (TPSA) is 112 Å². The monoisotopic (exact) mass is 456 g/mol. The lowest BCUT2D eigenvalue weighted by Crippen LogP contribution is -2.31. The molecule has 4 rings (SSSR count). The highest BCUT2D eigenvalue weighted by Gasteiger charge is 2.17. The van der Waals surface area contributed by atoms with Gasteiger partial charge in [0.15, 0.2) is 0 Å². The van der Waals surface area contributed by atoms with Gasteiger partial charge < -0.3 is 21.1 Å². The van der Waals surface area contributed by atoms with E-state index in [4.69, 9.17) is 16.2 Å². The first-order valence-electron chi connectivity index (χ1n) is 10.4. The zero-order chi connectivity index (χ0) is 24.1. The standard InChI is InChI=1S/C26H21FN4O3/c27-19-8-12-22(13-9-19)34-21-10-6-17(7-11-21)18-14-23(26(29)33)30-25(15-18)31(16-24(28)32)20-4-2-1-3-5-20/h1-15H,16H2,(H2,28,32)(H2,29,33). The van der Waals surface area contributed by atoms with Gasteiger partial charge in [0, 0.05) is 5.69 Å². The first-order valence-corrected chi connectivity index (χ1v) is 10.4. The van der Waals surface area contributed by atoms with Crippen molar-refractivity contribution < 1.29 is 18.7 Å². The Balaban J connectivity index is 1.69. The molecule has 1 aromatic heterocycles. The highest BCUT2D eigenvalue weighted by molar-refractivity contribution is 5.93. The molecule has 0 aliphatic rings. The molecule has 170 valence electrons. The molecular formula is C26H21FN4O3. The predicted molar refractivity (Wildman–Crippen MR) is 127 cm³/mol. The molecule has 4 N–H and O–H groups in total.